The number of hydrogen-bond acceptors (Lipinski definition) is 5. The lowest BCUT2D eigenvalue weighted by Gasteiger charge is -2.23. The van der Waals surface area contributed by atoms with Crippen LogP contribution in [0.3, 0.4) is 0 Å². The third kappa shape index (κ3) is 3.61. The molecule has 0 N–H and O–H groups in total. The molecule has 0 saturated carbocycles. The molecule has 0 unspecified atom stereocenters. The van der Waals surface area contributed by atoms with Gasteiger partial charge in [-0.15, -0.1) is 0 Å². The molecule has 0 radical (unpaired) electrons. The van der Waals surface area contributed by atoms with Gasteiger partial charge in [0.2, 0.25) is 17.2 Å². The average molecular weight is 306 g/mol. The van der Waals surface area contributed by atoms with Gasteiger partial charge in [-0.3, -0.25) is 0 Å². The van der Waals surface area contributed by atoms with E-state index in [1.54, 1.807) is 0 Å². The number of halogens is 1. The molecule has 0 bridgehead atoms. The molecule has 0 saturated heterocycles. The molecule has 0 amide bonds. The molecule has 1 heterocycles. The summed E-state index contributed by atoms with van der Waals surface area (Å²) in [5, 5.41) is 0.219. The number of anilines is 3. The molecule has 2 rings (SSSR count). The van der Waals surface area contributed by atoms with Crippen LogP contribution in [0.2, 0.25) is 5.28 Å². The smallest absolute Gasteiger partial charge is 0.236 e. The maximum atomic E-state index is 6.08. The average Bonchev–Trinajstić information content (AvgIpc) is 2.50. The summed E-state index contributed by atoms with van der Waals surface area (Å²) in [5.41, 5.74) is 1.03. The van der Waals surface area contributed by atoms with E-state index < -0.39 is 0 Å². The summed E-state index contributed by atoms with van der Waals surface area (Å²) in [6.45, 7) is 8.59. The lowest BCUT2D eigenvalue weighted by Crippen LogP contribution is -2.26. The summed E-state index contributed by atoms with van der Waals surface area (Å²) in [7, 11) is 0. The first-order valence-electron chi connectivity index (χ1n) is 7.18. The minimum atomic E-state index is 0.219. The zero-order valence-electron chi connectivity index (χ0n) is 12.6. The highest BCUT2D eigenvalue weighted by molar-refractivity contribution is 6.28. The van der Waals surface area contributed by atoms with Crippen molar-refractivity contribution in [2.45, 2.75) is 20.8 Å². The summed E-state index contributed by atoms with van der Waals surface area (Å²) in [6, 6.07) is 10.0. The molecular weight excluding hydrogens is 286 g/mol. The molecule has 0 atom stereocenters. The molecule has 21 heavy (non-hydrogen) atoms. The largest absolute Gasteiger partial charge is 0.341 e. The molecule has 112 valence electrons. The van der Waals surface area contributed by atoms with Gasteiger partial charge in [0.05, 0.1) is 0 Å². The van der Waals surface area contributed by atoms with E-state index >= 15 is 0 Å². The second kappa shape index (κ2) is 7.22. The lowest BCUT2D eigenvalue weighted by molar-refractivity contribution is 0.803. The van der Waals surface area contributed by atoms with Crippen LogP contribution in [0, 0.1) is 0 Å². The van der Waals surface area contributed by atoms with Gasteiger partial charge in [0, 0.05) is 25.3 Å². The van der Waals surface area contributed by atoms with Gasteiger partial charge in [-0.25, -0.2) is 0 Å². The fourth-order valence-electron chi connectivity index (χ4n) is 2.15. The molecule has 0 spiro atoms. The van der Waals surface area contributed by atoms with E-state index in [1.807, 2.05) is 35.2 Å². The summed E-state index contributed by atoms with van der Waals surface area (Å²) < 4.78 is 0. The van der Waals surface area contributed by atoms with Gasteiger partial charge in [0.25, 0.3) is 0 Å². The first-order chi connectivity index (χ1) is 10.2. The van der Waals surface area contributed by atoms with E-state index in [-0.39, 0.29) is 5.28 Å². The van der Waals surface area contributed by atoms with Crippen molar-refractivity contribution in [1.29, 1.82) is 0 Å². The Morgan fingerprint density at radius 3 is 2.05 bits per heavy atom. The predicted molar refractivity (Wildman–Crippen MR) is 87.5 cm³/mol. The van der Waals surface area contributed by atoms with Gasteiger partial charge in [-0.05, 0) is 44.5 Å². The molecule has 0 fully saturated rings. The molecule has 1 aromatic carbocycles. The molecule has 1 aromatic heterocycles. The van der Waals surface area contributed by atoms with Crippen molar-refractivity contribution in [3.8, 4) is 0 Å². The first kappa shape index (κ1) is 15.5. The fraction of sp³-hybridized carbons (Fsp3) is 0.400. The molecule has 5 nitrogen and oxygen atoms in total. The van der Waals surface area contributed by atoms with Gasteiger partial charge in [-0.1, -0.05) is 18.2 Å². The van der Waals surface area contributed by atoms with E-state index in [0.29, 0.717) is 11.9 Å². The van der Waals surface area contributed by atoms with Gasteiger partial charge in [0.1, 0.15) is 0 Å². The van der Waals surface area contributed by atoms with E-state index in [4.69, 9.17) is 11.6 Å². The number of benzene rings is 1. The minimum Gasteiger partial charge on any atom is -0.341 e. The Kier molecular flexibility index (Phi) is 5.33. The summed E-state index contributed by atoms with van der Waals surface area (Å²) in [5.74, 6) is 1.19. The van der Waals surface area contributed by atoms with Crippen molar-refractivity contribution in [1.82, 2.24) is 15.0 Å². The zero-order chi connectivity index (χ0) is 15.2. The first-order valence-corrected chi connectivity index (χ1v) is 7.56. The maximum Gasteiger partial charge on any atom is 0.236 e. The van der Waals surface area contributed by atoms with Gasteiger partial charge in [0.15, 0.2) is 0 Å². The Morgan fingerprint density at radius 2 is 1.48 bits per heavy atom. The Labute approximate surface area is 130 Å². The normalized spacial score (nSPS) is 10.5. The Bertz CT molecular complexity index is 572. The number of rotatable bonds is 6. The van der Waals surface area contributed by atoms with Crippen molar-refractivity contribution < 1.29 is 0 Å². The number of nitrogens with zero attached hydrogens (tertiary/aromatic N) is 5. The molecule has 2 aromatic rings. The lowest BCUT2D eigenvalue weighted by atomic mass is 10.3. The monoisotopic (exact) mass is 305 g/mol. The highest BCUT2D eigenvalue weighted by Gasteiger charge is 2.15. The Morgan fingerprint density at radius 1 is 0.857 bits per heavy atom. The van der Waals surface area contributed by atoms with Crippen LogP contribution in [-0.2, 0) is 0 Å². The number of hydrogen-bond donors (Lipinski definition) is 0. The van der Waals surface area contributed by atoms with E-state index in [2.05, 4.69) is 40.6 Å². The standard InChI is InChI=1S/C15H20ClN5/c1-4-20(5-2)14-17-13(16)18-15(19-14)21(6-3)12-10-8-7-9-11-12/h7-11H,4-6H2,1-3H3. The van der Waals surface area contributed by atoms with E-state index in [1.165, 1.54) is 0 Å². The highest BCUT2D eigenvalue weighted by Crippen LogP contribution is 2.24. The van der Waals surface area contributed by atoms with Crippen LogP contribution < -0.4 is 9.80 Å². The van der Waals surface area contributed by atoms with Crippen molar-refractivity contribution in [2.24, 2.45) is 0 Å². The molecular formula is C15H20ClN5. The van der Waals surface area contributed by atoms with Crippen LogP contribution in [-0.4, -0.2) is 34.6 Å². The molecule has 0 aliphatic rings. The highest BCUT2D eigenvalue weighted by atomic mass is 35.5. The van der Waals surface area contributed by atoms with Crippen LogP contribution in [0.4, 0.5) is 17.6 Å². The summed E-state index contributed by atoms with van der Waals surface area (Å²) in [6.07, 6.45) is 0. The number of aromatic nitrogens is 3. The number of para-hydroxylation sites is 1. The van der Waals surface area contributed by atoms with Crippen LogP contribution in [0.5, 0.6) is 0 Å². The van der Waals surface area contributed by atoms with E-state index in [0.717, 1.165) is 25.3 Å². The SMILES string of the molecule is CCN(CC)c1nc(Cl)nc(N(CC)c2ccccc2)n1. The van der Waals surface area contributed by atoms with Crippen molar-refractivity contribution in [3.63, 3.8) is 0 Å². The minimum absolute atomic E-state index is 0.219. The summed E-state index contributed by atoms with van der Waals surface area (Å²) in [4.78, 5) is 17.1. The molecule has 0 aliphatic heterocycles. The molecule has 0 aliphatic carbocycles. The maximum absolute atomic E-state index is 6.08. The van der Waals surface area contributed by atoms with Crippen LogP contribution in [0.25, 0.3) is 0 Å². The summed E-state index contributed by atoms with van der Waals surface area (Å²) >= 11 is 6.08. The fourth-order valence-corrected chi connectivity index (χ4v) is 2.30. The Balaban J connectivity index is 2.42. The zero-order valence-corrected chi connectivity index (χ0v) is 13.4. The van der Waals surface area contributed by atoms with Crippen LogP contribution >= 0.6 is 11.6 Å². The van der Waals surface area contributed by atoms with Crippen molar-refractivity contribution >= 4 is 29.2 Å². The van der Waals surface area contributed by atoms with Crippen LogP contribution in [0.15, 0.2) is 30.3 Å². The van der Waals surface area contributed by atoms with Crippen molar-refractivity contribution in [2.75, 3.05) is 29.4 Å². The topological polar surface area (TPSA) is 45.2 Å². The third-order valence-electron chi connectivity index (χ3n) is 3.26. The quantitative estimate of drug-likeness (QED) is 0.817. The van der Waals surface area contributed by atoms with Crippen molar-refractivity contribution in [3.05, 3.63) is 35.6 Å². The van der Waals surface area contributed by atoms with E-state index in [9.17, 15) is 0 Å². The second-order valence-corrected chi connectivity index (χ2v) is 4.79. The predicted octanol–water partition coefficient (Wildman–Crippen LogP) is 3.53. The molecule has 6 heteroatoms. The second-order valence-electron chi connectivity index (χ2n) is 4.46. The van der Waals surface area contributed by atoms with Crippen LogP contribution in [0.1, 0.15) is 20.8 Å². The van der Waals surface area contributed by atoms with Gasteiger partial charge in [-0.2, -0.15) is 15.0 Å². The van der Waals surface area contributed by atoms with Gasteiger partial charge < -0.3 is 9.80 Å². The van der Waals surface area contributed by atoms with Gasteiger partial charge >= 0.3 is 0 Å². The Hall–Kier alpha value is -1.88. The third-order valence-corrected chi connectivity index (χ3v) is 3.43.